The third-order valence-electron chi connectivity index (χ3n) is 2.52. The molecule has 0 bridgehead atoms. The molecule has 0 aromatic rings. The Hall–Kier alpha value is -1.05. The van der Waals surface area contributed by atoms with Gasteiger partial charge in [-0.3, -0.25) is 4.79 Å². The highest BCUT2D eigenvalue weighted by molar-refractivity contribution is 5.95. The molecule has 16 heavy (non-hydrogen) atoms. The molecule has 0 atom stereocenters. The van der Waals surface area contributed by atoms with Gasteiger partial charge < -0.3 is 5.32 Å². The van der Waals surface area contributed by atoms with E-state index in [2.05, 4.69) is 32.2 Å². The van der Waals surface area contributed by atoms with E-state index in [4.69, 9.17) is 0 Å². The van der Waals surface area contributed by atoms with Crippen molar-refractivity contribution in [1.29, 1.82) is 0 Å². The molecule has 90 valence electrons. The summed E-state index contributed by atoms with van der Waals surface area (Å²) in [5, 5.41) is 2.99. The molecule has 0 aromatic heterocycles. The molecular weight excluding hydrogens is 198 g/mol. The number of allylic oxidation sites excluding steroid dienone is 3. The number of carbonyl (C=O) groups excluding carboxylic acids is 1. The van der Waals surface area contributed by atoms with Gasteiger partial charge in [-0.15, -0.1) is 0 Å². The summed E-state index contributed by atoms with van der Waals surface area (Å²) in [6.07, 6.45) is 4.94. The molecule has 0 radical (unpaired) electrons. The molecular formula is C14H23NO. The highest BCUT2D eigenvalue weighted by Gasteiger charge is 2.23. The van der Waals surface area contributed by atoms with E-state index >= 15 is 0 Å². The van der Waals surface area contributed by atoms with Gasteiger partial charge in [-0.2, -0.15) is 0 Å². The third kappa shape index (κ3) is 3.51. The summed E-state index contributed by atoms with van der Waals surface area (Å²) >= 11 is 0. The molecule has 1 aliphatic rings. The van der Waals surface area contributed by atoms with Crippen molar-refractivity contribution in [2.45, 2.75) is 53.5 Å². The van der Waals surface area contributed by atoms with E-state index in [1.807, 2.05) is 26.8 Å². The summed E-state index contributed by atoms with van der Waals surface area (Å²) in [4.78, 5) is 11.9. The summed E-state index contributed by atoms with van der Waals surface area (Å²) in [5.74, 6) is 0.0583. The van der Waals surface area contributed by atoms with Crippen LogP contribution in [-0.4, -0.2) is 11.4 Å². The van der Waals surface area contributed by atoms with Gasteiger partial charge in [0.1, 0.15) is 0 Å². The first-order valence-corrected chi connectivity index (χ1v) is 5.83. The van der Waals surface area contributed by atoms with E-state index in [9.17, 15) is 4.79 Å². The maximum atomic E-state index is 11.9. The number of hydrogen-bond acceptors (Lipinski definition) is 1. The summed E-state index contributed by atoms with van der Waals surface area (Å²) in [5.41, 5.74) is 2.10. The lowest BCUT2D eigenvalue weighted by Gasteiger charge is -2.21. The molecule has 2 heteroatoms. The van der Waals surface area contributed by atoms with Crippen LogP contribution in [0, 0.1) is 5.41 Å². The summed E-state index contributed by atoms with van der Waals surface area (Å²) in [7, 11) is 0. The fourth-order valence-electron chi connectivity index (χ4n) is 1.63. The van der Waals surface area contributed by atoms with E-state index in [0.717, 1.165) is 12.0 Å². The fraction of sp³-hybridized carbons (Fsp3) is 0.643. The van der Waals surface area contributed by atoms with Crippen molar-refractivity contribution < 1.29 is 4.79 Å². The Labute approximate surface area is 98.8 Å². The molecule has 0 saturated heterocycles. The van der Waals surface area contributed by atoms with Crippen LogP contribution in [0.3, 0.4) is 0 Å². The monoisotopic (exact) mass is 221 g/mol. The lowest BCUT2D eigenvalue weighted by Crippen LogP contribution is -2.41. The predicted octanol–water partition coefficient (Wildman–Crippen LogP) is 3.20. The molecule has 0 spiro atoms. The van der Waals surface area contributed by atoms with Gasteiger partial charge >= 0.3 is 0 Å². The lowest BCUT2D eigenvalue weighted by atomic mass is 9.87. The van der Waals surface area contributed by atoms with Crippen molar-refractivity contribution in [2.75, 3.05) is 0 Å². The van der Waals surface area contributed by atoms with Crippen LogP contribution in [0.2, 0.25) is 0 Å². The van der Waals surface area contributed by atoms with E-state index in [0.29, 0.717) is 0 Å². The van der Waals surface area contributed by atoms with Crippen LogP contribution < -0.4 is 5.32 Å². The average Bonchev–Trinajstić information content (AvgIpc) is 2.46. The van der Waals surface area contributed by atoms with Crippen LogP contribution in [0.5, 0.6) is 0 Å². The quantitative estimate of drug-likeness (QED) is 0.724. The highest BCUT2D eigenvalue weighted by atomic mass is 16.1. The zero-order valence-electron chi connectivity index (χ0n) is 11.3. The van der Waals surface area contributed by atoms with Crippen molar-refractivity contribution in [3.63, 3.8) is 0 Å². The molecule has 0 unspecified atom stereocenters. The normalized spacial score (nSPS) is 16.9. The zero-order valence-corrected chi connectivity index (χ0v) is 11.3. The minimum atomic E-state index is -0.164. The van der Waals surface area contributed by atoms with Crippen molar-refractivity contribution in [2.24, 2.45) is 5.41 Å². The average molecular weight is 221 g/mol. The molecule has 1 rings (SSSR count). The van der Waals surface area contributed by atoms with Gasteiger partial charge in [0.05, 0.1) is 0 Å². The Kier molecular flexibility index (Phi) is 3.32. The van der Waals surface area contributed by atoms with Crippen LogP contribution in [0.15, 0.2) is 23.3 Å². The summed E-state index contributed by atoms with van der Waals surface area (Å²) in [6, 6.07) is 0. The van der Waals surface area contributed by atoms with Gasteiger partial charge in [0.15, 0.2) is 0 Å². The van der Waals surface area contributed by atoms with Gasteiger partial charge in [0.25, 0.3) is 0 Å². The van der Waals surface area contributed by atoms with Gasteiger partial charge in [-0.05, 0) is 44.3 Å². The van der Waals surface area contributed by atoms with Gasteiger partial charge in [-0.1, -0.05) is 26.8 Å². The second-order valence-corrected chi connectivity index (χ2v) is 6.49. The predicted molar refractivity (Wildman–Crippen MR) is 68.1 cm³/mol. The summed E-state index contributed by atoms with van der Waals surface area (Å²) < 4.78 is 0. The smallest absolute Gasteiger partial charge is 0.247 e. The van der Waals surface area contributed by atoms with E-state index in [1.165, 1.54) is 5.57 Å². The Bertz CT molecular complexity index is 348. The first kappa shape index (κ1) is 13.0. The number of rotatable bonds is 1. The SMILES string of the molecule is CC(C)(C)NC(=O)C1=CC(C(C)(C)C)=CC1. The summed E-state index contributed by atoms with van der Waals surface area (Å²) in [6.45, 7) is 12.5. The molecule has 0 saturated carbocycles. The molecule has 0 aromatic carbocycles. The van der Waals surface area contributed by atoms with E-state index in [1.54, 1.807) is 0 Å². The van der Waals surface area contributed by atoms with Crippen LogP contribution in [0.1, 0.15) is 48.0 Å². The Balaban J connectivity index is 2.71. The van der Waals surface area contributed by atoms with Crippen LogP contribution >= 0.6 is 0 Å². The third-order valence-corrected chi connectivity index (χ3v) is 2.52. The fourth-order valence-corrected chi connectivity index (χ4v) is 1.63. The molecule has 1 amide bonds. The Morgan fingerprint density at radius 2 is 1.75 bits per heavy atom. The van der Waals surface area contributed by atoms with Gasteiger partial charge in [0, 0.05) is 11.1 Å². The maximum Gasteiger partial charge on any atom is 0.247 e. The Morgan fingerprint density at radius 1 is 1.19 bits per heavy atom. The second kappa shape index (κ2) is 4.08. The van der Waals surface area contributed by atoms with Crippen LogP contribution in [0.25, 0.3) is 0 Å². The van der Waals surface area contributed by atoms with Crippen molar-refractivity contribution in [3.8, 4) is 0 Å². The number of nitrogens with one attached hydrogen (secondary N) is 1. The topological polar surface area (TPSA) is 29.1 Å². The van der Waals surface area contributed by atoms with Crippen molar-refractivity contribution in [3.05, 3.63) is 23.3 Å². The van der Waals surface area contributed by atoms with Gasteiger partial charge in [-0.25, -0.2) is 0 Å². The minimum absolute atomic E-state index is 0.0583. The standard InChI is InChI=1S/C14H23NO/c1-13(2,3)11-8-7-10(9-11)12(16)15-14(4,5)6/h8-9H,7H2,1-6H3,(H,15,16). The molecule has 1 aliphatic carbocycles. The first-order valence-electron chi connectivity index (χ1n) is 5.83. The number of hydrogen-bond donors (Lipinski definition) is 1. The minimum Gasteiger partial charge on any atom is -0.348 e. The first-order chi connectivity index (χ1) is 7.09. The second-order valence-electron chi connectivity index (χ2n) is 6.49. The van der Waals surface area contributed by atoms with Crippen molar-refractivity contribution in [1.82, 2.24) is 5.32 Å². The van der Waals surface area contributed by atoms with Gasteiger partial charge in [0.2, 0.25) is 5.91 Å². The van der Waals surface area contributed by atoms with E-state index in [-0.39, 0.29) is 16.9 Å². The number of carbonyl (C=O) groups is 1. The van der Waals surface area contributed by atoms with E-state index < -0.39 is 0 Å². The Morgan fingerprint density at radius 3 is 2.12 bits per heavy atom. The lowest BCUT2D eigenvalue weighted by molar-refractivity contribution is -0.118. The highest BCUT2D eigenvalue weighted by Crippen LogP contribution is 2.32. The molecule has 2 nitrogen and oxygen atoms in total. The van der Waals surface area contributed by atoms with Crippen LogP contribution in [0.4, 0.5) is 0 Å². The molecule has 0 aliphatic heterocycles. The molecule has 1 N–H and O–H groups in total. The zero-order chi connectivity index (χ0) is 12.6. The number of amides is 1. The largest absolute Gasteiger partial charge is 0.348 e. The van der Waals surface area contributed by atoms with Crippen molar-refractivity contribution >= 4 is 5.91 Å². The van der Waals surface area contributed by atoms with Crippen LogP contribution in [-0.2, 0) is 4.79 Å². The maximum absolute atomic E-state index is 11.9. The molecule has 0 heterocycles. The molecule has 0 fully saturated rings.